The van der Waals surface area contributed by atoms with E-state index in [2.05, 4.69) is 24.5 Å². The van der Waals surface area contributed by atoms with E-state index < -0.39 is 10.0 Å². The number of morpholine rings is 1. The van der Waals surface area contributed by atoms with Crippen LogP contribution in [0.2, 0.25) is 0 Å². The van der Waals surface area contributed by atoms with Gasteiger partial charge in [0.1, 0.15) is 5.01 Å². The fraction of sp³-hybridized carbons (Fsp3) is 0.364. The highest BCUT2D eigenvalue weighted by molar-refractivity contribution is 7.99. The van der Waals surface area contributed by atoms with Gasteiger partial charge in [0.05, 0.1) is 44.6 Å². The number of thiazole rings is 1. The van der Waals surface area contributed by atoms with Crippen molar-refractivity contribution in [2.45, 2.75) is 35.7 Å². The molecule has 7 nitrogen and oxygen atoms in total. The normalized spacial score (nSPS) is 16.7. The van der Waals surface area contributed by atoms with Crippen molar-refractivity contribution in [2.24, 2.45) is 0 Å². The molecule has 2 aromatic heterocycles. The number of para-hydroxylation sites is 1. The zero-order valence-corrected chi connectivity index (χ0v) is 20.3. The Kier molecular flexibility index (Phi) is 5.98. The zero-order chi connectivity index (χ0) is 22.3. The van der Waals surface area contributed by atoms with Crippen LogP contribution in [0.5, 0.6) is 0 Å². The Morgan fingerprint density at radius 2 is 1.91 bits per heavy atom. The van der Waals surface area contributed by atoms with Crippen LogP contribution >= 0.6 is 23.1 Å². The molecule has 0 saturated carbocycles. The highest BCUT2D eigenvalue weighted by Gasteiger charge is 2.27. The molecule has 10 heteroatoms. The Labute approximate surface area is 195 Å². The summed E-state index contributed by atoms with van der Waals surface area (Å²) in [5.74, 6) is 0. The number of imidazole rings is 1. The Balaban J connectivity index is 1.47. The molecule has 0 radical (unpaired) electrons. The lowest BCUT2D eigenvalue weighted by Gasteiger charge is -2.26. The molecule has 1 aliphatic rings. The topological polar surface area (TPSA) is 77.3 Å². The number of hydrogen-bond acceptors (Lipinski definition) is 7. The molecule has 3 heterocycles. The van der Waals surface area contributed by atoms with Crippen LogP contribution in [0.15, 0.2) is 52.5 Å². The van der Waals surface area contributed by atoms with Gasteiger partial charge in [0, 0.05) is 19.6 Å². The average Bonchev–Trinajstić information content (AvgIpc) is 3.40. The summed E-state index contributed by atoms with van der Waals surface area (Å²) in [5.41, 5.74) is 2.65. The summed E-state index contributed by atoms with van der Waals surface area (Å²) in [7, 11) is -3.56. The third kappa shape index (κ3) is 3.94. The molecule has 0 bridgehead atoms. The second kappa shape index (κ2) is 8.75. The fourth-order valence-electron chi connectivity index (χ4n) is 3.85. The molecule has 0 amide bonds. The molecule has 0 N–H and O–H groups in total. The van der Waals surface area contributed by atoms with E-state index in [0.29, 0.717) is 31.8 Å². The smallest absolute Gasteiger partial charge is 0.243 e. The Morgan fingerprint density at radius 1 is 1.12 bits per heavy atom. The Morgan fingerprint density at radius 3 is 2.66 bits per heavy atom. The van der Waals surface area contributed by atoms with Crippen LogP contribution in [0.3, 0.4) is 0 Å². The van der Waals surface area contributed by atoms with Crippen molar-refractivity contribution in [1.82, 2.24) is 18.8 Å². The minimum Gasteiger partial charge on any atom is -0.379 e. The predicted molar refractivity (Wildman–Crippen MR) is 129 cm³/mol. The van der Waals surface area contributed by atoms with Crippen molar-refractivity contribution in [3.63, 3.8) is 0 Å². The van der Waals surface area contributed by atoms with Gasteiger partial charge in [-0.2, -0.15) is 4.31 Å². The van der Waals surface area contributed by atoms with E-state index in [1.807, 2.05) is 24.3 Å². The summed E-state index contributed by atoms with van der Waals surface area (Å²) >= 11 is 3.36. The lowest BCUT2D eigenvalue weighted by Crippen LogP contribution is -2.40. The van der Waals surface area contributed by atoms with Gasteiger partial charge in [-0.05, 0) is 44.2 Å². The fourth-order valence-corrected chi connectivity index (χ4v) is 7.44. The van der Waals surface area contributed by atoms with Crippen molar-refractivity contribution in [2.75, 3.05) is 26.3 Å². The average molecular weight is 489 g/mol. The van der Waals surface area contributed by atoms with Crippen LogP contribution in [-0.2, 0) is 21.3 Å². The number of benzene rings is 2. The number of rotatable bonds is 6. The number of aryl methyl sites for hydroxylation is 1. The first kappa shape index (κ1) is 21.8. The summed E-state index contributed by atoms with van der Waals surface area (Å²) in [4.78, 5) is 9.88. The van der Waals surface area contributed by atoms with Crippen LogP contribution in [0, 0.1) is 0 Å². The van der Waals surface area contributed by atoms with Gasteiger partial charge in [0.2, 0.25) is 10.0 Å². The van der Waals surface area contributed by atoms with E-state index in [1.165, 1.54) is 9.01 Å². The quantitative estimate of drug-likeness (QED) is 0.371. The number of aromatic nitrogens is 3. The highest BCUT2D eigenvalue weighted by Crippen LogP contribution is 2.39. The van der Waals surface area contributed by atoms with E-state index in [9.17, 15) is 8.42 Å². The maximum atomic E-state index is 13.1. The maximum Gasteiger partial charge on any atom is 0.243 e. The molecule has 0 spiro atoms. The summed E-state index contributed by atoms with van der Waals surface area (Å²) in [5, 5.41) is 2.06. The molecule has 1 aliphatic heterocycles. The number of fused-ring (bicyclic) bond motifs is 2. The number of ether oxygens (including phenoxy) is 1. The first-order valence-electron chi connectivity index (χ1n) is 10.6. The first-order valence-corrected chi connectivity index (χ1v) is 13.7. The van der Waals surface area contributed by atoms with Gasteiger partial charge in [0.25, 0.3) is 0 Å². The molecule has 168 valence electrons. The molecule has 5 rings (SSSR count). The lowest BCUT2D eigenvalue weighted by molar-refractivity contribution is 0.0730. The second-order valence-electron chi connectivity index (χ2n) is 7.59. The van der Waals surface area contributed by atoms with Gasteiger partial charge in [-0.3, -0.25) is 0 Å². The molecule has 32 heavy (non-hydrogen) atoms. The van der Waals surface area contributed by atoms with Gasteiger partial charge in [-0.1, -0.05) is 23.9 Å². The number of thioether (sulfide) groups is 1. The Hall–Kier alpha value is -1.98. The van der Waals surface area contributed by atoms with Crippen molar-refractivity contribution in [3.05, 3.63) is 47.5 Å². The minimum atomic E-state index is -3.56. The molecule has 4 aromatic rings. The van der Waals surface area contributed by atoms with Crippen molar-refractivity contribution in [1.29, 1.82) is 0 Å². The van der Waals surface area contributed by atoms with Crippen LogP contribution in [0.1, 0.15) is 24.1 Å². The summed E-state index contributed by atoms with van der Waals surface area (Å²) < 4.78 is 36.2. The predicted octanol–water partition coefficient (Wildman–Crippen LogP) is 4.54. The second-order valence-corrected chi connectivity index (χ2v) is 11.9. The third-order valence-electron chi connectivity index (χ3n) is 5.55. The molecule has 1 atom stereocenters. The zero-order valence-electron chi connectivity index (χ0n) is 17.9. The van der Waals surface area contributed by atoms with Gasteiger partial charge < -0.3 is 9.30 Å². The van der Waals surface area contributed by atoms with Crippen LogP contribution < -0.4 is 0 Å². The van der Waals surface area contributed by atoms with Crippen LogP contribution in [0.25, 0.3) is 21.3 Å². The highest BCUT2D eigenvalue weighted by atomic mass is 32.2. The molecular weight excluding hydrogens is 464 g/mol. The largest absolute Gasteiger partial charge is 0.379 e. The summed E-state index contributed by atoms with van der Waals surface area (Å²) in [6.45, 7) is 6.57. The molecule has 0 aliphatic carbocycles. The summed E-state index contributed by atoms with van der Waals surface area (Å²) in [6, 6.07) is 13.4. The van der Waals surface area contributed by atoms with E-state index in [4.69, 9.17) is 14.7 Å². The van der Waals surface area contributed by atoms with Crippen molar-refractivity contribution < 1.29 is 13.2 Å². The number of sulfonamides is 1. The molecule has 1 fully saturated rings. The molecule has 2 aromatic carbocycles. The molecule has 1 saturated heterocycles. The first-order chi connectivity index (χ1) is 15.5. The maximum absolute atomic E-state index is 13.1. The molecular formula is C22H24N4O3S3. The van der Waals surface area contributed by atoms with Crippen molar-refractivity contribution in [3.8, 4) is 0 Å². The van der Waals surface area contributed by atoms with Crippen molar-refractivity contribution >= 4 is 54.4 Å². The summed E-state index contributed by atoms with van der Waals surface area (Å²) in [6.07, 6.45) is 0. The lowest BCUT2D eigenvalue weighted by atomic mass is 10.3. The monoisotopic (exact) mass is 488 g/mol. The number of nitrogens with zero attached hydrogens (tertiary/aromatic N) is 4. The van der Waals surface area contributed by atoms with Gasteiger partial charge >= 0.3 is 0 Å². The van der Waals surface area contributed by atoms with E-state index in [-0.39, 0.29) is 10.1 Å². The standard InChI is InChI=1S/C22H24N4O3S3/c1-3-26-19-9-8-16(32(27,28)25-10-12-29-13-11-25)14-18(19)24-22(26)30-15(2)21-23-17-6-4-5-7-20(17)31-21/h4-9,14-15H,3,10-13H2,1-2H3/t15-/m1/s1. The third-order valence-corrected chi connectivity index (χ3v) is 9.91. The van der Waals surface area contributed by atoms with E-state index >= 15 is 0 Å². The van der Waals surface area contributed by atoms with Gasteiger partial charge in [-0.25, -0.2) is 18.4 Å². The van der Waals surface area contributed by atoms with Gasteiger partial charge in [0.15, 0.2) is 5.16 Å². The Bertz CT molecular complexity index is 1340. The number of hydrogen-bond donors (Lipinski definition) is 0. The minimum absolute atomic E-state index is 0.131. The van der Waals surface area contributed by atoms with Crippen LogP contribution in [0.4, 0.5) is 0 Å². The van der Waals surface area contributed by atoms with Crippen LogP contribution in [-0.4, -0.2) is 53.6 Å². The van der Waals surface area contributed by atoms with Gasteiger partial charge in [-0.15, -0.1) is 11.3 Å². The molecule has 0 unspecified atom stereocenters. The van der Waals surface area contributed by atoms with E-state index in [1.54, 1.807) is 35.2 Å². The van der Waals surface area contributed by atoms with E-state index in [0.717, 1.165) is 27.7 Å². The SMILES string of the molecule is CCn1c(S[C@H](C)c2nc3ccccc3s2)nc2cc(S(=O)(=O)N3CCOCC3)ccc21.